The van der Waals surface area contributed by atoms with Crippen LogP contribution in [0.5, 0.6) is 0 Å². The number of nitrogens with zero attached hydrogens (tertiary/aromatic N) is 2. The molecule has 1 aromatic heterocycles. The number of aryl methyl sites for hydroxylation is 1. The summed E-state index contributed by atoms with van der Waals surface area (Å²) < 4.78 is 18.1. The Bertz CT molecular complexity index is 813. The summed E-state index contributed by atoms with van der Waals surface area (Å²) in [4.78, 5) is 17.8. The van der Waals surface area contributed by atoms with E-state index in [-0.39, 0.29) is 17.4 Å². The lowest BCUT2D eigenvalue weighted by atomic mass is 10.2. The molecule has 7 heteroatoms. The van der Waals surface area contributed by atoms with Gasteiger partial charge in [-0.2, -0.15) is 0 Å². The first-order valence-corrected chi connectivity index (χ1v) is 11.1. The Morgan fingerprint density at radius 1 is 1.18 bits per heavy atom. The monoisotopic (exact) mass is 403 g/mol. The minimum atomic E-state index is -1.19. The van der Waals surface area contributed by atoms with Gasteiger partial charge in [0.25, 0.3) is 5.91 Å². The lowest BCUT2D eigenvalue weighted by molar-refractivity contribution is 0.0920. The molecule has 3 rings (SSSR count). The zero-order valence-electron chi connectivity index (χ0n) is 16.6. The van der Waals surface area contributed by atoms with Crippen molar-refractivity contribution in [3.05, 3.63) is 53.5 Å². The van der Waals surface area contributed by atoms with Crippen molar-refractivity contribution in [3.8, 4) is 0 Å². The van der Waals surface area contributed by atoms with Crippen LogP contribution in [0.15, 0.2) is 45.7 Å². The Balaban J connectivity index is 1.41. The molecule has 1 aliphatic rings. The third kappa shape index (κ3) is 6.02. The number of carbonyl (C=O) groups excluding carboxylic acids is 1. The van der Waals surface area contributed by atoms with Crippen molar-refractivity contribution < 1.29 is 13.4 Å². The molecule has 0 radical (unpaired) electrons. The van der Waals surface area contributed by atoms with Crippen molar-refractivity contribution in [2.45, 2.75) is 24.0 Å². The molecule has 0 spiro atoms. The SMILES string of the molecule is Cc1cccc(S(=O)Cc2ccc(C(=O)NCCCN3CCN(C)CC3)o2)c1. The molecule has 1 atom stereocenters. The first kappa shape index (κ1) is 20.8. The van der Waals surface area contributed by atoms with Gasteiger partial charge in [-0.25, -0.2) is 0 Å². The fourth-order valence-electron chi connectivity index (χ4n) is 3.21. The Labute approximate surface area is 169 Å². The normalized spacial score (nSPS) is 16.8. The summed E-state index contributed by atoms with van der Waals surface area (Å²) in [6.07, 6.45) is 0.917. The van der Waals surface area contributed by atoms with E-state index >= 15 is 0 Å². The topological polar surface area (TPSA) is 65.8 Å². The molecule has 6 nitrogen and oxygen atoms in total. The Morgan fingerprint density at radius 3 is 2.71 bits per heavy atom. The number of piperazine rings is 1. The van der Waals surface area contributed by atoms with Gasteiger partial charge in [0.15, 0.2) is 5.76 Å². The summed E-state index contributed by atoms with van der Waals surface area (Å²) in [7, 11) is 0.953. The van der Waals surface area contributed by atoms with Crippen molar-refractivity contribution in [3.63, 3.8) is 0 Å². The van der Waals surface area contributed by atoms with Crippen LogP contribution in [0.4, 0.5) is 0 Å². The fraction of sp³-hybridized carbons (Fsp3) is 0.476. The Kier molecular flexibility index (Phi) is 7.42. The molecule has 0 saturated carbocycles. The van der Waals surface area contributed by atoms with Crippen LogP contribution in [0.3, 0.4) is 0 Å². The summed E-state index contributed by atoms with van der Waals surface area (Å²) in [6, 6.07) is 11.0. The third-order valence-electron chi connectivity index (χ3n) is 4.94. The largest absolute Gasteiger partial charge is 0.455 e. The van der Waals surface area contributed by atoms with E-state index in [0.717, 1.165) is 49.6 Å². The summed E-state index contributed by atoms with van der Waals surface area (Å²) >= 11 is 0. The molecule has 28 heavy (non-hydrogen) atoms. The number of rotatable bonds is 8. The van der Waals surface area contributed by atoms with Crippen LogP contribution < -0.4 is 5.32 Å². The zero-order chi connectivity index (χ0) is 19.9. The van der Waals surface area contributed by atoms with Crippen molar-refractivity contribution >= 4 is 16.7 Å². The lowest BCUT2D eigenvalue weighted by Crippen LogP contribution is -2.45. The minimum Gasteiger partial charge on any atom is -0.455 e. The lowest BCUT2D eigenvalue weighted by Gasteiger charge is -2.32. The van der Waals surface area contributed by atoms with Gasteiger partial charge in [0, 0.05) is 37.6 Å². The van der Waals surface area contributed by atoms with Crippen LogP contribution in [-0.2, 0) is 16.6 Å². The van der Waals surface area contributed by atoms with Crippen molar-refractivity contribution in [1.82, 2.24) is 15.1 Å². The molecule has 1 N–H and O–H groups in total. The van der Waals surface area contributed by atoms with Gasteiger partial charge in [-0.1, -0.05) is 12.1 Å². The first-order valence-electron chi connectivity index (χ1n) is 9.74. The van der Waals surface area contributed by atoms with Gasteiger partial charge in [0.05, 0.1) is 16.6 Å². The van der Waals surface area contributed by atoms with Gasteiger partial charge in [-0.15, -0.1) is 0 Å². The standard InChI is InChI=1S/C21H29N3O3S/c1-17-5-3-6-19(15-17)28(26)16-18-7-8-20(27-18)21(25)22-9-4-10-24-13-11-23(2)12-14-24/h3,5-8,15H,4,9-14,16H2,1-2H3,(H,22,25). The number of likely N-dealkylation sites (N-methyl/N-ethyl adjacent to an activating group) is 1. The third-order valence-corrected chi connectivity index (χ3v) is 6.27. The molecular formula is C21H29N3O3S. The molecule has 2 heterocycles. The smallest absolute Gasteiger partial charge is 0.286 e. The summed E-state index contributed by atoms with van der Waals surface area (Å²) in [5.41, 5.74) is 1.07. The van der Waals surface area contributed by atoms with E-state index in [1.54, 1.807) is 12.1 Å². The second-order valence-electron chi connectivity index (χ2n) is 7.33. The quantitative estimate of drug-likeness (QED) is 0.685. The van der Waals surface area contributed by atoms with E-state index in [0.29, 0.717) is 12.3 Å². The Morgan fingerprint density at radius 2 is 1.96 bits per heavy atom. The van der Waals surface area contributed by atoms with Gasteiger partial charge >= 0.3 is 0 Å². The molecular weight excluding hydrogens is 374 g/mol. The van der Waals surface area contributed by atoms with Gasteiger partial charge in [-0.05, 0) is 56.8 Å². The second kappa shape index (κ2) is 10.0. The molecule has 2 aromatic rings. The highest BCUT2D eigenvalue weighted by Crippen LogP contribution is 2.16. The summed E-state index contributed by atoms with van der Waals surface area (Å²) in [5, 5.41) is 2.91. The Hall–Kier alpha value is -1.96. The van der Waals surface area contributed by atoms with Crippen LogP contribution in [0, 0.1) is 6.92 Å². The van der Waals surface area contributed by atoms with E-state index in [9.17, 15) is 9.00 Å². The molecule has 1 saturated heterocycles. The van der Waals surface area contributed by atoms with Gasteiger partial charge < -0.3 is 19.5 Å². The fourth-order valence-corrected chi connectivity index (χ4v) is 4.34. The zero-order valence-corrected chi connectivity index (χ0v) is 17.5. The highest BCUT2D eigenvalue weighted by atomic mass is 32.2. The summed E-state index contributed by atoms with van der Waals surface area (Å²) in [5.74, 6) is 0.879. The van der Waals surface area contributed by atoms with Gasteiger partial charge in [0.1, 0.15) is 5.76 Å². The first-order chi connectivity index (χ1) is 13.5. The number of amides is 1. The highest BCUT2D eigenvalue weighted by molar-refractivity contribution is 7.84. The molecule has 1 amide bonds. The molecule has 1 aromatic carbocycles. The second-order valence-corrected chi connectivity index (χ2v) is 8.78. The number of benzene rings is 1. The van der Waals surface area contributed by atoms with Crippen LogP contribution in [0.25, 0.3) is 0 Å². The predicted octanol–water partition coefficient (Wildman–Crippen LogP) is 2.26. The van der Waals surface area contributed by atoms with E-state index in [4.69, 9.17) is 4.42 Å². The summed E-state index contributed by atoms with van der Waals surface area (Å²) in [6.45, 7) is 7.97. The molecule has 0 aliphatic carbocycles. The molecule has 1 aliphatic heterocycles. The van der Waals surface area contributed by atoms with E-state index in [2.05, 4.69) is 22.2 Å². The number of hydrogen-bond donors (Lipinski definition) is 1. The van der Waals surface area contributed by atoms with E-state index < -0.39 is 10.8 Å². The van der Waals surface area contributed by atoms with E-state index in [1.165, 1.54) is 0 Å². The average molecular weight is 404 g/mol. The maximum atomic E-state index is 12.5. The molecule has 1 unspecified atom stereocenters. The van der Waals surface area contributed by atoms with Crippen LogP contribution >= 0.6 is 0 Å². The van der Waals surface area contributed by atoms with Crippen molar-refractivity contribution in [1.29, 1.82) is 0 Å². The molecule has 0 bridgehead atoms. The molecule has 1 fully saturated rings. The van der Waals surface area contributed by atoms with Crippen molar-refractivity contribution in [2.75, 3.05) is 46.3 Å². The van der Waals surface area contributed by atoms with Crippen LogP contribution in [0.1, 0.15) is 28.3 Å². The maximum absolute atomic E-state index is 12.5. The number of nitrogens with one attached hydrogen (secondary N) is 1. The van der Waals surface area contributed by atoms with Crippen LogP contribution in [0.2, 0.25) is 0 Å². The molecule has 152 valence electrons. The van der Waals surface area contributed by atoms with Gasteiger partial charge in [0.2, 0.25) is 0 Å². The average Bonchev–Trinajstić information content (AvgIpc) is 3.15. The van der Waals surface area contributed by atoms with Gasteiger partial charge in [-0.3, -0.25) is 9.00 Å². The number of carbonyl (C=O) groups is 1. The highest BCUT2D eigenvalue weighted by Gasteiger charge is 2.15. The van der Waals surface area contributed by atoms with Crippen molar-refractivity contribution in [2.24, 2.45) is 0 Å². The predicted molar refractivity (Wildman–Crippen MR) is 111 cm³/mol. The van der Waals surface area contributed by atoms with E-state index in [1.807, 2.05) is 31.2 Å². The number of hydrogen-bond acceptors (Lipinski definition) is 5. The minimum absolute atomic E-state index is 0.217. The maximum Gasteiger partial charge on any atom is 0.286 e. The number of furan rings is 1. The van der Waals surface area contributed by atoms with Crippen LogP contribution in [-0.4, -0.2) is 66.2 Å².